The topological polar surface area (TPSA) is 65.7 Å². The maximum atomic E-state index is 11.9. The van der Waals surface area contributed by atoms with Crippen molar-refractivity contribution in [1.82, 2.24) is 0 Å². The highest BCUT2D eigenvalue weighted by atomic mass is 16.5. The number of fused-ring (bicyclic) bond motifs is 1. The smallest absolute Gasteiger partial charge is 0.351 e. The van der Waals surface area contributed by atoms with E-state index >= 15 is 0 Å². The van der Waals surface area contributed by atoms with Gasteiger partial charge in [0.25, 0.3) is 0 Å². The summed E-state index contributed by atoms with van der Waals surface area (Å²) in [5.74, 6) is -0.116. The first kappa shape index (κ1) is 19.5. The highest BCUT2D eigenvalue weighted by Crippen LogP contribution is 2.21. The number of benzene rings is 1. The summed E-state index contributed by atoms with van der Waals surface area (Å²) in [6.07, 6.45) is 6.28. The Labute approximate surface area is 152 Å². The van der Waals surface area contributed by atoms with Gasteiger partial charge in [-0.05, 0) is 57.9 Å². The van der Waals surface area contributed by atoms with Gasteiger partial charge < -0.3 is 13.9 Å². The molecule has 0 atom stereocenters. The van der Waals surface area contributed by atoms with Gasteiger partial charge in [0.2, 0.25) is 0 Å². The number of ether oxygens (including phenoxy) is 2. The van der Waals surface area contributed by atoms with Gasteiger partial charge in [0, 0.05) is 11.5 Å². The van der Waals surface area contributed by atoms with E-state index < -0.39 is 11.6 Å². The first-order chi connectivity index (χ1) is 12.4. The van der Waals surface area contributed by atoms with Crippen LogP contribution >= 0.6 is 0 Å². The van der Waals surface area contributed by atoms with Gasteiger partial charge in [0.05, 0.1) is 7.11 Å². The average Bonchev–Trinajstić information content (AvgIpc) is 2.60. The Morgan fingerprint density at radius 2 is 1.92 bits per heavy atom. The molecule has 0 radical (unpaired) electrons. The zero-order valence-electron chi connectivity index (χ0n) is 15.6. The van der Waals surface area contributed by atoms with E-state index in [-0.39, 0.29) is 5.56 Å². The molecule has 138 valence electrons. The number of allylic oxidation sites excluding steroid dienone is 3. The van der Waals surface area contributed by atoms with Crippen molar-refractivity contribution in [3.63, 3.8) is 0 Å². The molecule has 26 heavy (non-hydrogen) atoms. The standard InChI is InChI=1S/C21H24O5/c1-14(2)6-5-7-15(3)10-11-25-17-9-8-16-12-18(20(22)24-4)21(23)26-19(16)13-17/h6,8-10,12-13H,5,7,11H2,1-4H3/b15-10+. The fourth-order valence-electron chi connectivity index (χ4n) is 2.40. The number of carbonyl (C=O) groups is 1. The molecule has 0 aliphatic rings. The SMILES string of the molecule is COC(=O)c1cc2ccc(OC/C=C(\C)CCC=C(C)C)cc2oc1=O. The maximum Gasteiger partial charge on any atom is 0.351 e. The van der Waals surface area contributed by atoms with E-state index in [0.717, 1.165) is 12.8 Å². The van der Waals surface area contributed by atoms with Gasteiger partial charge in [-0.1, -0.05) is 17.2 Å². The van der Waals surface area contributed by atoms with Crippen molar-refractivity contribution in [2.24, 2.45) is 0 Å². The van der Waals surface area contributed by atoms with E-state index in [2.05, 4.69) is 31.6 Å². The van der Waals surface area contributed by atoms with E-state index in [9.17, 15) is 9.59 Å². The van der Waals surface area contributed by atoms with Gasteiger partial charge in [0.15, 0.2) is 0 Å². The second kappa shape index (κ2) is 9.04. The Hall–Kier alpha value is -2.82. The van der Waals surface area contributed by atoms with Crippen molar-refractivity contribution in [2.75, 3.05) is 13.7 Å². The predicted octanol–water partition coefficient (Wildman–Crippen LogP) is 4.65. The van der Waals surface area contributed by atoms with Crippen molar-refractivity contribution >= 4 is 16.9 Å². The van der Waals surface area contributed by atoms with E-state index in [1.54, 1.807) is 18.2 Å². The van der Waals surface area contributed by atoms with Crippen LogP contribution in [0.1, 0.15) is 44.0 Å². The molecule has 2 aromatic rings. The number of carbonyl (C=O) groups excluding carboxylic acids is 1. The zero-order valence-corrected chi connectivity index (χ0v) is 15.6. The van der Waals surface area contributed by atoms with Crippen LogP contribution in [-0.4, -0.2) is 19.7 Å². The monoisotopic (exact) mass is 356 g/mol. The Kier molecular flexibility index (Phi) is 6.78. The molecule has 1 aromatic heterocycles. The fourth-order valence-corrected chi connectivity index (χ4v) is 2.40. The number of methoxy groups -OCH3 is 1. The Bertz CT molecular complexity index is 898. The summed E-state index contributed by atoms with van der Waals surface area (Å²) >= 11 is 0. The third kappa shape index (κ3) is 5.34. The van der Waals surface area contributed by atoms with Crippen LogP contribution in [0.15, 0.2) is 56.8 Å². The van der Waals surface area contributed by atoms with Crippen LogP contribution in [0.2, 0.25) is 0 Å². The quantitative estimate of drug-likeness (QED) is 0.410. The van der Waals surface area contributed by atoms with E-state index in [1.165, 1.54) is 24.3 Å². The molecular formula is C21H24O5. The van der Waals surface area contributed by atoms with Gasteiger partial charge in [-0.2, -0.15) is 0 Å². The largest absolute Gasteiger partial charge is 0.489 e. The lowest BCUT2D eigenvalue weighted by Crippen LogP contribution is -2.14. The molecule has 0 saturated carbocycles. The number of hydrogen-bond donors (Lipinski definition) is 0. The number of esters is 1. The molecule has 0 fully saturated rings. The summed E-state index contributed by atoms with van der Waals surface area (Å²) < 4.78 is 15.5. The van der Waals surface area contributed by atoms with Crippen molar-refractivity contribution < 1.29 is 18.7 Å². The maximum absolute atomic E-state index is 11.9. The van der Waals surface area contributed by atoms with Crippen LogP contribution in [0.5, 0.6) is 5.75 Å². The average molecular weight is 356 g/mol. The van der Waals surface area contributed by atoms with Gasteiger partial charge >= 0.3 is 11.6 Å². The van der Waals surface area contributed by atoms with Crippen molar-refractivity contribution in [3.8, 4) is 5.75 Å². The molecule has 5 nitrogen and oxygen atoms in total. The molecule has 0 aliphatic heterocycles. The minimum Gasteiger partial charge on any atom is -0.489 e. The molecular weight excluding hydrogens is 332 g/mol. The first-order valence-electron chi connectivity index (χ1n) is 8.48. The van der Waals surface area contributed by atoms with E-state index in [1.807, 2.05) is 6.08 Å². The normalized spacial score (nSPS) is 11.3. The molecule has 0 aliphatic carbocycles. The highest BCUT2D eigenvalue weighted by Gasteiger charge is 2.14. The lowest BCUT2D eigenvalue weighted by molar-refractivity contribution is 0.0596. The predicted molar refractivity (Wildman–Crippen MR) is 102 cm³/mol. The van der Waals surface area contributed by atoms with Crippen LogP contribution in [0.3, 0.4) is 0 Å². The minimum atomic E-state index is -0.725. The van der Waals surface area contributed by atoms with Crippen LogP contribution in [0, 0.1) is 0 Å². The van der Waals surface area contributed by atoms with Gasteiger partial charge in [-0.25, -0.2) is 9.59 Å². The summed E-state index contributed by atoms with van der Waals surface area (Å²) in [6, 6.07) is 6.62. The summed E-state index contributed by atoms with van der Waals surface area (Å²) in [4.78, 5) is 23.4. The van der Waals surface area contributed by atoms with Gasteiger partial charge in [-0.3, -0.25) is 0 Å². The summed E-state index contributed by atoms with van der Waals surface area (Å²) in [5, 5.41) is 0.630. The summed E-state index contributed by atoms with van der Waals surface area (Å²) in [6.45, 7) is 6.70. The molecule has 2 rings (SSSR count). The lowest BCUT2D eigenvalue weighted by atomic mass is 10.1. The van der Waals surface area contributed by atoms with Crippen LogP contribution in [0.4, 0.5) is 0 Å². The van der Waals surface area contributed by atoms with Gasteiger partial charge in [-0.15, -0.1) is 0 Å². The molecule has 0 N–H and O–H groups in total. The van der Waals surface area contributed by atoms with Crippen molar-refractivity contribution in [1.29, 1.82) is 0 Å². The summed E-state index contributed by atoms with van der Waals surface area (Å²) in [7, 11) is 1.22. The number of rotatable bonds is 7. The second-order valence-electron chi connectivity index (χ2n) is 6.32. The second-order valence-corrected chi connectivity index (χ2v) is 6.32. The Morgan fingerprint density at radius 1 is 1.15 bits per heavy atom. The third-order valence-corrected chi connectivity index (χ3v) is 3.89. The van der Waals surface area contributed by atoms with E-state index in [4.69, 9.17) is 9.15 Å². The molecule has 0 bridgehead atoms. The third-order valence-electron chi connectivity index (χ3n) is 3.89. The van der Waals surface area contributed by atoms with Gasteiger partial charge in [0.1, 0.15) is 23.5 Å². The number of hydrogen-bond acceptors (Lipinski definition) is 5. The Morgan fingerprint density at radius 3 is 2.62 bits per heavy atom. The van der Waals surface area contributed by atoms with Crippen LogP contribution in [0.25, 0.3) is 11.0 Å². The zero-order chi connectivity index (χ0) is 19.1. The van der Waals surface area contributed by atoms with E-state index in [0.29, 0.717) is 23.3 Å². The minimum absolute atomic E-state index is 0.122. The first-order valence-corrected chi connectivity index (χ1v) is 8.48. The molecule has 0 saturated heterocycles. The fraction of sp³-hybridized carbons (Fsp3) is 0.333. The molecule has 1 aromatic carbocycles. The molecule has 0 unspecified atom stereocenters. The summed E-state index contributed by atoms with van der Waals surface area (Å²) in [5.41, 5.74) is 2.10. The van der Waals surface area contributed by atoms with Crippen molar-refractivity contribution in [2.45, 2.75) is 33.6 Å². The molecule has 0 spiro atoms. The molecule has 5 heteroatoms. The molecule has 1 heterocycles. The van der Waals surface area contributed by atoms with Crippen LogP contribution in [-0.2, 0) is 4.74 Å². The molecule has 0 amide bonds. The van der Waals surface area contributed by atoms with Crippen LogP contribution < -0.4 is 10.4 Å². The Balaban J connectivity index is 2.06. The van der Waals surface area contributed by atoms with Crippen molar-refractivity contribution in [3.05, 3.63) is 63.5 Å². The highest BCUT2D eigenvalue weighted by molar-refractivity contribution is 5.92. The lowest BCUT2D eigenvalue weighted by Gasteiger charge is -2.06.